The first kappa shape index (κ1) is 18.9. The normalized spacial score (nSPS) is 13.6. The summed E-state index contributed by atoms with van der Waals surface area (Å²) in [6.07, 6.45) is 3.36. The van der Waals surface area contributed by atoms with Gasteiger partial charge in [0, 0.05) is 22.7 Å². The number of anilines is 1. The third-order valence-electron chi connectivity index (χ3n) is 4.93. The minimum atomic E-state index is -0.389. The zero-order valence-corrected chi connectivity index (χ0v) is 16.1. The number of aromatic nitrogens is 2. The van der Waals surface area contributed by atoms with Gasteiger partial charge in [-0.25, -0.2) is 4.79 Å². The van der Waals surface area contributed by atoms with Gasteiger partial charge in [0.25, 0.3) is 5.91 Å². The van der Waals surface area contributed by atoms with E-state index in [-0.39, 0.29) is 11.9 Å². The number of nitrogens with one attached hydrogen (secondary N) is 1. The van der Waals surface area contributed by atoms with Crippen LogP contribution in [-0.2, 0) is 4.74 Å². The van der Waals surface area contributed by atoms with Crippen molar-refractivity contribution in [3.63, 3.8) is 0 Å². The third kappa shape index (κ3) is 4.18. The zero-order chi connectivity index (χ0) is 20.2. The van der Waals surface area contributed by atoms with Crippen molar-refractivity contribution in [2.75, 3.05) is 11.9 Å². The second kappa shape index (κ2) is 8.26. The van der Waals surface area contributed by atoms with E-state index in [0.29, 0.717) is 41.1 Å². The molecular weight excluding hydrogens is 370 g/mol. The molecule has 1 N–H and O–H groups in total. The smallest absolute Gasteiger partial charge is 0.338 e. The molecule has 1 aliphatic carbocycles. The monoisotopic (exact) mass is 391 g/mol. The van der Waals surface area contributed by atoms with Crippen molar-refractivity contribution in [1.29, 1.82) is 0 Å². The van der Waals surface area contributed by atoms with Crippen LogP contribution in [-0.4, -0.2) is 28.6 Å². The van der Waals surface area contributed by atoms with Crippen LogP contribution in [0.2, 0.25) is 0 Å². The van der Waals surface area contributed by atoms with Crippen LogP contribution in [0.5, 0.6) is 0 Å². The van der Waals surface area contributed by atoms with Crippen molar-refractivity contribution in [1.82, 2.24) is 10.1 Å². The fourth-order valence-electron chi connectivity index (χ4n) is 3.08. The molecule has 4 rings (SSSR count). The number of rotatable bonds is 6. The number of nitrogens with zero attached hydrogens (tertiary/aromatic N) is 2. The predicted octanol–water partition coefficient (Wildman–Crippen LogP) is 4.43. The van der Waals surface area contributed by atoms with Gasteiger partial charge in [-0.15, -0.1) is 0 Å². The Hall–Kier alpha value is -3.48. The topological polar surface area (TPSA) is 94.3 Å². The summed E-state index contributed by atoms with van der Waals surface area (Å²) in [7, 11) is 0. The van der Waals surface area contributed by atoms with Crippen LogP contribution in [0, 0.1) is 0 Å². The quantitative estimate of drug-likeness (QED) is 0.625. The highest BCUT2D eigenvalue weighted by molar-refractivity contribution is 6.05. The Morgan fingerprint density at radius 2 is 1.93 bits per heavy atom. The van der Waals surface area contributed by atoms with Crippen LogP contribution in [0.1, 0.15) is 58.7 Å². The first-order valence-electron chi connectivity index (χ1n) is 9.66. The molecule has 0 aliphatic heterocycles. The summed E-state index contributed by atoms with van der Waals surface area (Å²) in [4.78, 5) is 28.8. The molecule has 7 heteroatoms. The van der Waals surface area contributed by atoms with Crippen molar-refractivity contribution in [3.8, 4) is 11.4 Å². The summed E-state index contributed by atoms with van der Waals surface area (Å²) >= 11 is 0. The lowest BCUT2D eigenvalue weighted by atomic mass is 9.85. The van der Waals surface area contributed by atoms with Gasteiger partial charge in [0.15, 0.2) is 0 Å². The van der Waals surface area contributed by atoms with E-state index < -0.39 is 0 Å². The van der Waals surface area contributed by atoms with E-state index in [4.69, 9.17) is 9.26 Å². The maximum Gasteiger partial charge on any atom is 0.338 e. The molecule has 3 aromatic rings. The maximum atomic E-state index is 12.6. The summed E-state index contributed by atoms with van der Waals surface area (Å²) < 4.78 is 10.3. The van der Waals surface area contributed by atoms with Gasteiger partial charge in [-0.1, -0.05) is 23.7 Å². The first-order chi connectivity index (χ1) is 14.1. The highest BCUT2D eigenvalue weighted by Gasteiger charge is 2.25. The number of hydrogen-bond donors (Lipinski definition) is 1. The largest absolute Gasteiger partial charge is 0.462 e. The number of amides is 1. The van der Waals surface area contributed by atoms with Crippen molar-refractivity contribution in [2.45, 2.75) is 32.1 Å². The Balaban J connectivity index is 1.46. The van der Waals surface area contributed by atoms with E-state index in [1.54, 1.807) is 49.4 Å². The van der Waals surface area contributed by atoms with E-state index in [9.17, 15) is 9.59 Å². The second-order valence-electron chi connectivity index (χ2n) is 6.92. The number of hydrogen-bond acceptors (Lipinski definition) is 6. The molecule has 0 atom stereocenters. The van der Waals surface area contributed by atoms with Crippen molar-refractivity contribution >= 4 is 17.6 Å². The maximum absolute atomic E-state index is 12.6. The van der Waals surface area contributed by atoms with E-state index in [1.165, 1.54) is 6.42 Å². The molecular formula is C22H21N3O4. The van der Waals surface area contributed by atoms with E-state index >= 15 is 0 Å². The van der Waals surface area contributed by atoms with E-state index in [1.807, 2.05) is 6.07 Å². The molecule has 1 amide bonds. The standard InChI is InChI=1S/C22H21N3O4/c1-2-28-22(27)15-9-11-18(12-10-15)23-20(26)17-8-4-7-16(13-17)19-24-21(29-25-19)14-5-3-6-14/h4,7-14H,2-3,5-6H2,1H3,(H,23,26). The summed E-state index contributed by atoms with van der Waals surface area (Å²) in [5.74, 6) is 0.862. The number of carbonyl (C=O) groups is 2. The van der Waals surface area contributed by atoms with Gasteiger partial charge < -0.3 is 14.6 Å². The molecule has 1 saturated carbocycles. The Bertz CT molecular complexity index is 1020. The van der Waals surface area contributed by atoms with Gasteiger partial charge in [0.05, 0.1) is 12.2 Å². The molecule has 1 fully saturated rings. The van der Waals surface area contributed by atoms with Crippen molar-refractivity contribution in [3.05, 3.63) is 65.5 Å². The van der Waals surface area contributed by atoms with E-state index in [2.05, 4.69) is 15.5 Å². The number of ether oxygens (including phenoxy) is 1. The second-order valence-corrected chi connectivity index (χ2v) is 6.92. The van der Waals surface area contributed by atoms with Gasteiger partial charge in [-0.05, 0) is 56.2 Å². The van der Waals surface area contributed by atoms with Crippen LogP contribution in [0.25, 0.3) is 11.4 Å². The van der Waals surface area contributed by atoms with Gasteiger partial charge in [0.1, 0.15) is 0 Å². The SMILES string of the molecule is CCOC(=O)c1ccc(NC(=O)c2cccc(-c3noc(C4CCC4)n3)c2)cc1. The molecule has 0 spiro atoms. The number of carbonyl (C=O) groups excluding carboxylic acids is 2. The lowest BCUT2D eigenvalue weighted by molar-refractivity contribution is 0.0526. The molecule has 0 unspecified atom stereocenters. The van der Waals surface area contributed by atoms with Crippen LogP contribution < -0.4 is 5.32 Å². The molecule has 29 heavy (non-hydrogen) atoms. The van der Waals surface area contributed by atoms with Gasteiger partial charge in [-0.2, -0.15) is 4.98 Å². The fraction of sp³-hybridized carbons (Fsp3) is 0.273. The van der Waals surface area contributed by atoms with Crippen LogP contribution >= 0.6 is 0 Å². The molecule has 1 aromatic heterocycles. The van der Waals surface area contributed by atoms with Gasteiger partial charge in [0.2, 0.25) is 11.7 Å². The predicted molar refractivity (Wildman–Crippen MR) is 107 cm³/mol. The molecule has 1 aliphatic rings. The summed E-state index contributed by atoms with van der Waals surface area (Å²) in [6.45, 7) is 2.07. The fourth-order valence-corrected chi connectivity index (χ4v) is 3.08. The summed E-state index contributed by atoms with van der Waals surface area (Å²) in [5, 5.41) is 6.87. The molecule has 1 heterocycles. The zero-order valence-electron chi connectivity index (χ0n) is 16.1. The van der Waals surface area contributed by atoms with Crippen LogP contribution in [0.4, 0.5) is 5.69 Å². The number of benzene rings is 2. The van der Waals surface area contributed by atoms with Crippen LogP contribution in [0.3, 0.4) is 0 Å². The molecule has 0 bridgehead atoms. The average molecular weight is 391 g/mol. The summed E-state index contributed by atoms with van der Waals surface area (Å²) in [5.41, 5.74) is 2.23. The Morgan fingerprint density at radius 1 is 1.14 bits per heavy atom. The molecule has 0 radical (unpaired) electrons. The Labute approximate surface area is 168 Å². The summed E-state index contributed by atoms with van der Waals surface area (Å²) in [6, 6.07) is 13.6. The first-order valence-corrected chi connectivity index (χ1v) is 9.66. The third-order valence-corrected chi connectivity index (χ3v) is 4.93. The van der Waals surface area contributed by atoms with Crippen molar-refractivity contribution < 1.29 is 18.8 Å². The molecule has 2 aromatic carbocycles. The van der Waals surface area contributed by atoms with Crippen molar-refractivity contribution in [2.24, 2.45) is 0 Å². The molecule has 0 saturated heterocycles. The van der Waals surface area contributed by atoms with Crippen LogP contribution in [0.15, 0.2) is 53.1 Å². The van der Waals surface area contributed by atoms with Gasteiger partial charge >= 0.3 is 5.97 Å². The number of esters is 1. The highest BCUT2D eigenvalue weighted by Crippen LogP contribution is 2.36. The Kier molecular flexibility index (Phi) is 5.37. The lowest BCUT2D eigenvalue weighted by Crippen LogP contribution is -2.12. The average Bonchev–Trinajstić information content (AvgIpc) is 3.17. The minimum Gasteiger partial charge on any atom is -0.462 e. The molecule has 7 nitrogen and oxygen atoms in total. The molecule has 148 valence electrons. The minimum absolute atomic E-state index is 0.265. The van der Waals surface area contributed by atoms with E-state index in [0.717, 1.165) is 18.4 Å². The Morgan fingerprint density at radius 3 is 2.62 bits per heavy atom. The van der Waals surface area contributed by atoms with Gasteiger partial charge in [-0.3, -0.25) is 4.79 Å². The highest BCUT2D eigenvalue weighted by atomic mass is 16.5. The lowest BCUT2D eigenvalue weighted by Gasteiger charge is -2.20.